The molecule has 0 aliphatic rings. The molecule has 0 unspecified atom stereocenters. The van der Waals surface area contributed by atoms with Crippen molar-refractivity contribution in [3.8, 4) is 0 Å². The van der Waals surface area contributed by atoms with Crippen LogP contribution in [0, 0.1) is 5.92 Å². The first-order chi connectivity index (χ1) is 8.40. The van der Waals surface area contributed by atoms with Gasteiger partial charge in [0.1, 0.15) is 0 Å². The fraction of sp³-hybridized carbons (Fsp3) is 0.385. The van der Waals surface area contributed by atoms with Gasteiger partial charge in [-0.1, -0.05) is 19.9 Å². The Morgan fingerprint density at radius 2 is 1.68 bits per heavy atom. The summed E-state index contributed by atoms with van der Waals surface area (Å²) in [6, 6.07) is 6.39. The Kier molecular flexibility index (Phi) is 7.11. The molecule has 0 radical (unpaired) electrons. The summed E-state index contributed by atoms with van der Waals surface area (Å²) in [4.78, 5) is 22.7. The standard InChI is InChI=1S/C13H19N3O2.ClH/c1-8(2)12(14)13(18)16-11-6-4-5-10(7-11)15-9(3)17;/h4-8,12H,14H2,1-3H3,(H,15,17)(H,16,18);1H/t12-;/m1./s1. The van der Waals surface area contributed by atoms with Gasteiger partial charge in [0.2, 0.25) is 11.8 Å². The van der Waals surface area contributed by atoms with E-state index < -0.39 is 6.04 Å². The molecule has 1 atom stereocenters. The highest BCUT2D eigenvalue weighted by Gasteiger charge is 2.17. The Labute approximate surface area is 119 Å². The number of carbonyl (C=O) groups is 2. The average Bonchev–Trinajstić information content (AvgIpc) is 2.27. The molecule has 0 saturated carbocycles. The number of benzene rings is 1. The van der Waals surface area contributed by atoms with Crippen LogP contribution in [-0.4, -0.2) is 17.9 Å². The maximum atomic E-state index is 11.8. The summed E-state index contributed by atoms with van der Waals surface area (Å²) < 4.78 is 0. The van der Waals surface area contributed by atoms with Crippen LogP contribution in [0.3, 0.4) is 0 Å². The van der Waals surface area contributed by atoms with Gasteiger partial charge in [-0.25, -0.2) is 0 Å². The zero-order valence-electron chi connectivity index (χ0n) is 11.3. The van der Waals surface area contributed by atoms with Gasteiger partial charge in [-0.3, -0.25) is 9.59 Å². The lowest BCUT2D eigenvalue weighted by Crippen LogP contribution is -2.39. The minimum Gasteiger partial charge on any atom is -0.326 e. The van der Waals surface area contributed by atoms with E-state index in [-0.39, 0.29) is 30.1 Å². The predicted octanol–water partition coefficient (Wildman–Crippen LogP) is 1.99. The fourth-order valence-electron chi connectivity index (χ4n) is 1.41. The highest BCUT2D eigenvalue weighted by Crippen LogP contribution is 2.15. The summed E-state index contributed by atoms with van der Waals surface area (Å²) >= 11 is 0. The molecule has 0 aliphatic heterocycles. The quantitative estimate of drug-likeness (QED) is 0.791. The van der Waals surface area contributed by atoms with E-state index in [1.54, 1.807) is 24.3 Å². The van der Waals surface area contributed by atoms with Gasteiger partial charge in [0.05, 0.1) is 6.04 Å². The summed E-state index contributed by atoms with van der Waals surface area (Å²) in [6.07, 6.45) is 0. The van der Waals surface area contributed by atoms with Crippen LogP contribution in [0.25, 0.3) is 0 Å². The zero-order chi connectivity index (χ0) is 13.7. The highest BCUT2D eigenvalue weighted by molar-refractivity contribution is 5.96. The number of rotatable bonds is 4. The van der Waals surface area contributed by atoms with Crippen LogP contribution in [0.2, 0.25) is 0 Å². The number of nitrogens with two attached hydrogens (primary N) is 1. The first-order valence-corrected chi connectivity index (χ1v) is 5.84. The normalized spacial score (nSPS) is 11.4. The number of nitrogens with one attached hydrogen (secondary N) is 2. The fourth-order valence-corrected chi connectivity index (χ4v) is 1.41. The number of amides is 2. The third-order valence-corrected chi connectivity index (χ3v) is 2.47. The first kappa shape index (κ1) is 17.4. The molecule has 19 heavy (non-hydrogen) atoms. The molecule has 106 valence electrons. The van der Waals surface area contributed by atoms with Gasteiger partial charge in [-0.2, -0.15) is 0 Å². The van der Waals surface area contributed by atoms with Gasteiger partial charge in [0, 0.05) is 18.3 Å². The monoisotopic (exact) mass is 285 g/mol. The molecule has 0 saturated heterocycles. The van der Waals surface area contributed by atoms with Crippen LogP contribution >= 0.6 is 12.4 Å². The number of hydrogen-bond acceptors (Lipinski definition) is 3. The Morgan fingerprint density at radius 1 is 1.16 bits per heavy atom. The molecular weight excluding hydrogens is 266 g/mol. The van der Waals surface area contributed by atoms with Crippen LogP contribution in [0.1, 0.15) is 20.8 Å². The van der Waals surface area contributed by atoms with Gasteiger partial charge in [-0.05, 0) is 24.1 Å². The number of halogens is 1. The third kappa shape index (κ3) is 5.72. The molecule has 0 aliphatic carbocycles. The summed E-state index contributed by atoms with van der Waals surface area (Å²) in [7, 11) is 0. The summed E-state index contributed by atoms with van der Waals surface area (Å²) in [5.41, 5.74) is 7.00. The minimum absolute atomic E-state index is 0. The highest BCUT2D eigenvalue weighted by atomic mass is 35.5. The number of hydrogen-bond donors (Lipinski definition) is 3. The maximum absolute atomic E-state index is 11.8. The molecule has 1 rings (SSSR count). The Morgan fingerprint density at radius 3 is 2.16 bits per heavy atom. The van der Waals surface area contributed by atoms with E-state index in [1.165, 1.54) is 6.92 Å². The van der Waals surface area contributed by atoms with Gasteiger partial charge in [0.15, 0.2) is 0 Å². The van der Waals surface area contributed by atoms with Crippen LogP contribution in [0.5, 0.6) is 0 Å². The lowest BCUT2D eigenvalue weighted by Gasteiger charge is -2.15. The van der Waals surface area contributed by atoms with Crippen molar-refractivity contribution in [2.75, 3.05) is 10.6 Å². The van der Waals surface area contributed by atoms with Crippen molar-refractivity contribution in [2.45, 2.75) is 26.8 Å². The molecule has 1 aromatic carbocycles. The van der Waals surface area contributed by atoms with Crippen LogP contribution < -0.4 is 16.4 Å². The third-order valence-electron chi connectivity index (χ3n) is 2.47. The average molecular weight is 286 g/mol. The molecular formula is C13H20ClN3O2. The Bertz CT molecular complexity index is 449. The summed E-state index contributed by atoms with van der Waals surface area (Å²) in [5.74, 6) is -0.314. The molecule has 0 aromatic heterocycles. The van der Waals surface area contributed by atoms with E-state index >= 15 is 0 Å². The number of anilines is 2. The van der Waals surface area contributed by atoms with Crippen molar-refractivity contribution in [1.29, 1.82) is 0 Å². The van der Waals surface area contributed by atoms with Gasteiger partial charge in [0.25, 0.3) is 0 Å². The van der Waals surface area contributed by atoms with Gasteiger partial charge >= 0.3 is 0 Å². The number of carbonyl (C=O) groups excluding carboxylic acids is 2. The molecule has 0 heterocycles. The summed E-state index contributed by atoms with van der Waals surface area (Å²) in [6.45, 7) is 5.20. The van der Waals surface area contributed by atoms with E-state index in [0.717, 1.165) is 0 Å². The maximum Gasteiger partial charge on any atom is 0.241 e. The second kappa shape index (κ2) is 7.76. The van der Waals surface area contributed by atoms with Crippen molar-refractivity contribution < 1.29 is 9.59 Å². The lowest BCUT2D eigenvalue weighted by atomic mass is 10.0. The molecule has 1 aromatic rings. The van der Waals surface area contributed by atoms with Crippen LogP contribution in [-0.2, 0) is 9.59 Å². The van der Waals surface area contributed by atoms with E-state index in [9.17, 15) is 9.59 Å². The van der Waals surface area contributed by atoms with Crippen molar-refractivity contribution in [3.63, 3.8) is 0 Å². The molecule has 0 bridgehead atoms. The molecule has 4 N–H and O–H groups in total. The topological polar surface area (TPSA) is 84.2 Å². The van der Waals surface area contributed by atoms with E-state index in [2.05, 4.69) is 10.6 Å². The van der Waals surface area contributed by atoms with Gasteiger partial charge in [-0.15, -0.1) is 12.4 Å². The van der Waals surface area contributed by atoms with Crippen LogP contribution in [0.4, 0.5) is 11.4 Å². The van der Waals surface area contributed by atoms with Gasteiger partial charge < -0.3 is 16.4 Å². The summed E-state index contributed by atoms with van der Waals surface area (Å²) in [5, 5.41) is 5.37. The van der Waals surface area contributed by atoms with Crippen molar-refractivity contribution >= 4 is 35.6 Å². The Balaban J connectivity index is 0.00000324. The zero-order valence-corrected chi connectivity index (χ0v) is 12.1. The lowest BCUT2D eigenvalue weighted by molar-refractivity contribution is -0.118. The van der Waals surface area contributed by atoms with E-state index in [4.69, 9.17) is 5.73 Å². The van der Waals surface area contributed by atoms with E-state index in [0.29, 0.717) is 11.4 Å². The molecule has 5 nitrogen and oxygen atoms in total. The molecule has 6 heteroatoms. The van der Waals surface area contributed by atoms with Crippen LogP contribution in [0.15, 0.2) is 24.3 Å². The Hall–Kier alpha value is -1.59. The predicted molar refractivity (Wildman–Crippen MR) is 79.4 cm³/mol. The molecule has 2 amide bonds. The molecule has 0 spiro atoms. The largest absolute Gasteiger partial charge is 0.326 e. The smallest absolute Gasteiger partial charge is 0.241 e. The molecule has 0 fully saturated rings. The second-order valence-electron chi connectivity index (χ2n) is 4.52. The van der Waals surface area contributed by atoms with Crippen molar-refractivity contribution in [2.24, 2.45) is 11.7 Å². The minimum atomic E-state index is -0.547. The van der Waals surface area contributed by atoms with Crippen molar-refractivity contribution in [3.05, 3.63) is 24.3 Å². The second-order valence-corrected chi connectivity index (χ2v) is 4.52. The SMILES string of the molecule is CC(=O)Nc1cccc(NC(=O)[C@H](N)C(C)C)c1.Cl. The first-order valence-electron chi connectivity index (χ1n) is 5.84. The van der Waals surface area contributed by atoms with E-state index in [1.807, 2.05) is 13.8 Å². The van der Waals surface area contributed by atoms with Crippen molar-refractivity contribution in [1.82, 2.24) is 0 Å².